The third-order valence-corrected chi connectivity index (χ3v) is 3.27. The third kappa shape index (κ3) is 2.96. The highest BCUT2D eigenvalue weighted by Crippen LogP contribution is 2.29. The smallest absolute Gasteiger partial charge is 0.146 e. The highest BCUT2D eigenvalue weighted by atomic mass is 19.1. The largest absolute Gasteiger partial charge is 0.467 e. The monoisotopic (exact) mass is 262 g/mol. The Morgan fingerprint density at radius 3 is 2.74 bits per heavy atom. The zero-order valence-corrected chi connectivity index (χ0v) is 11.5. The first-order valence-corrected chi connectivity index (χ1v) is 6.32. The summed E-state index contributed by atoms with van der Waals surface area (Å²) in [7, 11) is 3.73. The molecule has 1 heterocycles. The molecule has 0 saturated carbocycles. The Labute approximate surface area is 113 Å². The fourth-order valence-corrected chi connectivity index (χ4v) is 2.16. The Morgan fingerprint density at radius 2 is 2.11 bits per heavy atom. The standard InChI is InChI=1S/C15H19FN2O/c1-11(17-2)13-7-4-8-14(16)15(13)18(3)10-12-6-5-9-19-12/h4-9,11,17H,10H2,1-3H3. The predicted octanol–water partition coefficient (Wildman–Crippen LogP) is 3.34. The Balaban J connectivity index is 2.31. The number of anilines is 1. The molecule has 0 aliphatic carbocycles. The maximum Gasteiger partial charge on any atom is 0.146 e. The van der Waals surface area contributed by atoms with Gasteiger partial charge in [0.2, 0.25) is 0 Å². The number of nitrogens with one attached hydrogen (secondary N) is 1. The van der Waals surface area contributed by atoms with E-state index in [1.807, 2.05) is 44.1 Å². The maximum absolute atomic E-state index is 14.1. The Kier molecular flexibility index (Phi) is 4.22. The van der Waals surface area contributed by atoms with Crippen molar-refractivity contribution in [1.29, 1.82) is 0 Å². The summed E-state index contributed by atoms with van der Waals surface area (Å²) in [6, 6.07) is 8.98. The van der Waals surface area contributed by atoms with Gasteiger partial charge in [-0.2, -0.15) is 0 Å². The van der Waals surface area contributed by atoms with Crippen molar-refractivity contribution in [3.63, 3.8) is 0 Å². The fraction of sp³-hybridized carbons (Fsp3) is 0.333. The minimum atomic E-state index is -0.214. The molecule has 1 atom stereocenters. The van der Waals surface area contributed by atoms with Crippen molar-refractivity contribution < 1.29 is 8.81 Å². The lowest BCUT2D eigenvalue weighted by Gasteiger charge is -2.24. The van der Waals surface area contributed by atoms with E-state index in [0.29, 0.717) is 12.2 Å². The molecule has 1 aromatic heterocycles. The summed E-state index contributed by atoms with van der Waals surface area (Å²) < 4.78 is 19.4. The zero-order valence-electron chi connectivity index (χ0n) is 11.5. The Hall–Kier alpha value is -1.81. The Bertz CT molecular complexity index is 525. The van der Waals surface area contributed by atoms with Crippen LogP contribution in [0.1, 0.15) is 24.3 Å². The molecule has 0 bridgehead atoms. The van der Waals surface area contributed by atoms with Gasteiger partial charge < -0.3 is 14.6 Å². The molecule has 1 N–H and O–H groups in total. The average molecular weight is 262 g/mol. The molecule has 1 aromatic carbocycles. The van der Waals surface area contributed by atoms with E-state index >= 15 is 0 Å². The second kappa shape index (κ2) is 5.89. The topological polar surface area (TPSA) is 28.4 Å². The summed E-state index contributed by atoms with van der Waals surface area (Å²) in [5, 5.41) is 3.15. The number of nitrogens with zero attached hydrogens (tertiary/aromatic N) is 1. The molecular weight excluding hydrogens is 243 g/mol. The van der Waals surface area contributed by atoms with Crippen molar-refractivity contribution in [1.82, 2.24) is 5.32 Å². The van der Waals surface area contributed by atoms with Crippen molar-refractivity contribution in [2.45, 2.75) is 19.5 Å². The minimum absolute atomic E-state index is 0.0877. The molecule has 2 aromatic rings. The molecule has 0 spiro atoms. The number of benzene rings is 1. The van der Waals surface area contributed by atoms with Gasteiger partial charge in [0.25, 0.3) is 0 Å². The summed E-state index contributed by atoms with van der Waals surface area (Å²) in [5.41, 5.74) is 1.55. The van der Waals surface area contributed by atoms with Gasteiger partial charge in [0.1, 0.15) is 11.6 Å². The first kappa shape index (κ1) is 13.6. The van der Waals surface area contributed by atoms with Gasteiger partial charge in [0.05, 0.1) is 18.5 Å². The highest BCUT2D eigenvalue weighted by Gasteiger charge is 2.17. The molecule has 1 unspecified atom stereocenters. The van der Waals surface area contributed by atoms with Crippen molar-refractivity contribution in [2.24, 2.45) is 0 Å². The molecule has 0 aliphatic heterocycles. The first-order valence-electron chi connectivity index (χ1n) is 6.32. The quantitative estimate of drug-likeness (QED) is 0.896. The van der Waals surface area contributed by atoms with E-state index in [1.165, 1.54) is 6.07 Å². The molecule has 3 nitrogen and oxygen atoms in total. The van der Waals surface area contributed by atoms with Gasteiger partial charge in [-0.25, -0.2) is 4.39 Å². The van der Waals surface area contributed by atoms with E-state index < -0.39 is 0 Å². The number of para-hydroxylation sites is 1. The van der Waals surface area contributed by atoms with E-state index in [2.05, 4.69) is 5.32 Å². The van der Waals surface area contributed by atoms with Crippen LogP contribution in [0.25, 0.3) is 0 Å². The number of furan rings is 1. The lowest BCUT2D eigenvalue weighted by Crippen LogP contribution is -2.22. The van der Waals surface area contributed by atoms with E-state index in [1.54, 1.807) is 12.3 Å². The summed E-state index contributed by atoms with van der Waals surface area (Å²) in [5.74, 6) is 0.600. The van der Waals surface area contributed by atoms with Crippen LogP contribution in [0.2, 0.25) is 0 Å². The fourth-order valence-electron chi connectivity index (χ4n) is 2.16. The van der Waals surface area contributed by atoms with Gasteiger partial charge in [-0.3, -0.25) is 0 Å². The van der Waals surface area contributed by atoms with Crippen molar-refractivity contribution in [3.8, 4) is 0 Å². The summed E-state index contributed by atoms with van der Waals surface area (Å²) >= 11 is 0. The van der Waals surface area contributed by atoms with E-state index in [9.17, 15) is 4.39 Å². The molecule has 0 saturated heterocycles. The number of hydrogen-bond donors (Lipinski definition) is 1. The van der Waals surface area contributed by atoms with Crippen LogP contribution in [0.5, 0.6) is 0 Å². The zero-order chi connectivity index (χ0) is 13.8. The molecule has 4 heteroatoms. The number of rotatable bonds is 5. The van der Waals surface area contributed by atoms with Gasteiger partial charge in [0, 0.05) is 13.1 Å². The average Bonchev–Trinajstić information content (AvgIpc) is 2.90. The van der Waals surface area contributed by atoms with Crippen LogP contribution in [0.4, 0.5) is 10.1 Å². The normalized spacial score (nSPS) is 12.4. The first-order chi connectivity index (χ1) is 9.13. The minimum Gasteiger partial charge on any atom is -0.467 e. The molecule has 0 amide bonds. The lowest BCUT2D eigenvalue weighted by atomic mass is 10.0. The van der Waals surface area contributed by atoms with Crippen LogP contribution < -0.4 is 10.2 Å². The van der Waals surface area contributed by atoms with Crippen LogP contribution >= 0.6 is 0 Å². The summed E-state index contributed by atoms with van der Waals surface area (Å²) in [4.78, 5) is 1.87. The van der Waals surface area contributed by atoms with Gasteiger partial charge in [0.15, 0.2) is 0 Å². The van der Waals surface area contributed by atoms with Crippen LogP contribution in [0.15, 0.2) is 41.0 Å². The predicted molar refractivity (Wildman–Crippen MR) is 74.7 cm³/mol. The number of hydrogen-bond acceptors (Lipinski definition) is 3. The SMILES string of the molecule is CNC(C)c1cccc(F)c1N(C)Cc1ccco1. The third-order valence-electron chi connectivity index (χ3n) is 3.27. The lowest BCUT2D eigenvalue weighted by molar-refractivity contribution is 0.504. The van der Waals surface area contributed by atoms with Crippen LogP contribution in [0.3, 0.4) is 0 Å². The van der Waals surface area contributed by atoms with Crippen LogP contribution in [0, 0.1) is 5.82 Å². The molecule has 19 heavy (non-hydrogen) atoms. The van der Waals surface area contributed by atoms with Gasteiger partial charge in [-0.15, -0.1) is 0 Å². The van der Waals surface area contributed by atoms with Gasteiger partial charge >= 0.3 is 0 Å². The van der Waals surface area contributed by atoms with Gasteiger partial charge in [-0.1, -0.05) is 12.1 Å². The van der Waals surface area contributed by atoms with E-state index in [0.717, 1.165) is 11.3 Å². The van der Waals surface area contributed by atoms with Crippen molar-refractivity contribution in [3.05, 3.63) is 53.7 Å². The van der Waals surface area contributed by atoms with E-state index in [4.69, 9.17) is 4.42 Å². The van der Waals surface area contributed by atoms with Crippen LogP contribution in [-0.2, 0) is 6.54 Å². The summed E-state index contributed by atoms with van der Waals surface area (Å²) in [6.45, 7) is 2.55. The second-order valence-electron chi connectivity index (χ2n) is 4.62. The highest BCUT2D eigenvalue weighted by molar-refractivity contribution is 5.55. The summed E-state index contributed by atoms with van der Waals surface area (Å²) in [6.07, 6.45) is 1.63. The van der Waals surface area contributed by atoms with Crippen molar-refractivity contribution >= 4 is 5.69 Å². The molecule has 0 fully saturated rings. The molecule has 0 aliphatic rings. The maximum atomic E-state index is 14.1. The Morgan fingerprint density at radius 1 is 1.32 bits per heavy atom. The molecule has 0 radical (unpaired) electrons. The van der Waals surface area contributed by atoms with Crippen molar-refractivity contribution in [2.75, 3.05) is 19.0 Å². The van der Waals surface area contributed by atoms with Gasteiger partial charge in [-0.05, 0) is 37.7 Å². The number of halogens is 1. The van der Waals surface area contributed by atoms with Crippen LogP contribution in [-0.4, -0.2) is 14.1 Å². The molecule has 2 rings (SSSR count). The molecule has 102 valence electrons. The molecular formula is C15H19FN2O. The van der Waals surface area contributed by atoms with E-state index in [-0.39, 0.29) is 11.9 Å². The second-order valence-corrected chi connectivity index (χ2v) is 4.62.